The number of hydrogen-bond donors (Lipinski definition) is 2. The van der Waals surface area contributed by atoms with Gasteiger partial charge in [-0.25, -0.2) is 18.7 Å². The number of nitrogens with one attached hydrogen (secondary N) is 2. The molecule has 0 saturated heterocycles. The maximum atomic E-state index is 13.7. The summed E-state index contributed by atoms with van der Waals surface area (Å²) in [5.74, 6) is -1.50. The number of carbonyl (C=O) groups is 1. The van der Waals surface area contributed by atoms with E-state index in [9.17, 15) is 13.6 Å². The molecule has 2 heterocycles. The van der Waals surface area contributed by atoms with Crippen LogP contribution in [0.5, 0.6) is 5.75 Å². The fraction of sp³-hybridized carbons (Fsp3) is 0.222. The van der Waals surface area contributed by atoms with Gasteiger partial charge in [0.05, 0.1) is 24.2 Å². The zero-order valence-corrected chi connectivity index (χ0v) is 23.2. The van der Waals surface area contributed by atoms with E-state index < -0.39 is 11.6 Å². The van der Waals surface area contributed by atoms with E-state index >= 15 is 0 Å². The van der Waals surface area contributed by atoms with Gasteiger partial charge in [0.1, 0.15) is 16.5 Å². The summed E-state index contributed by atoms with van der Waals surface area (Å²) in [6.07, 6.45) is 2.75. The molecule has 2 N–H and O–H groups in total. The first-order valence-corrected chi connectivity index (χ1v) is 12.9. The zero-order chi connectivity index (χ0) is 28.8. The smallest absolute Gasteiger partial charge is 0.247 e. The lowest BCUT2D eigenvalue weighted by Gasteiger charge is -2.26. The SMILES string of the molecule is C=CC(=O)Nc1cc(Nc2nccc(-c3nnc(-c4ccc(F)c(F)c4)s3)n2)c(OC)cc1N(C)CCN(C)C. The van der Waals surface area contributed by atoms with Crippen LogP contribution in [0.3, 0.4) is 0 Å². The van der Waals surface area contributed by atoms with Gasteiger partial charge in [-0.2, -0.15) is 0 Å². The molecule has 0 spiro atoms. The van der Waals surface area contributed by atoms with Gasteiger partial charge < -0.3 is 25.2 Å². The van der Waals surface area contributed by atoms with Crippen LogP contribution in [0.15, 0.2) is 55.3 Å². The number of hydrogen-bond acceptors (Lipinski definition) is 10. The third kappa shape index (κ3) is 6.74. The molecule has 0 fully saturated rings. The van der Waals surface area contributed by atoms with Crippen molar-refractivity contribution in [1.82, 2.24) is 25.1 Å². The summed E-state index contributed by atoms with van der Waals surface area (Å²) >= 11 is 1.18. The lowest BCUT2D eigenvalue weighted by molar-refractivity contribution is -0.111. The quantitative estimate of drug-likeness (QED) is 0.247. The highest BCUT2D eigenvalue weighted by molar-refractivity contribution is 7.17. The topological polar surface area (TPSA) is 108 Å². The van der Waals surface area contributed by atoms with Crippen LogP contribution in [-0.4, -0.2) is 72.3 Å². The van der Waals surface area contributed by atoms with Gasteiger partial charge in [-0.3, -0.25) is 4.79 Å². The van der Waals surface area contributed by atoms with E-state index in [0.29, 0.717) is 44.9 Å². The Labute approximate surface area is 234 Å². The third-order valence-electron chi connectivity index (χ3n) is 5.77. The lowest BCUT2D eigenvalue weighted by atomic mass is 10.2. The van der Waals surface area contributed by atoms with Crippen LogP contribution in [-0.2, 0) is 4.79 Å². The zero-order valence-electron chi connectivity index (χ0n) is 22.4. The average Bonchev–Trinajstić information content (AvgIpc) is 3.44. The minimum atomic E-state index is -0.963. The molecule has 0 radical (unpaired) electrons. The molecule has 0 aliphatic carbocycles. The molecule has 208 valence electrons. The van der Waals surface area contributed by atoms with Crippen molar-refractivity contribution in [2.45, 2.75) is 0 Å². The molecular weight excluding hydrogens is 538 g/mol. The van der Waals surface area contributed by atoms with Gasteiger partial charge in [0, 0.05) is 38.0 Å². The summed E-state index contributed by atoms with van der Waals surface area (Å²) in [4.78, 5) is 25.1. The third-order valence-corrected chi connectivity index (χ3v) is 6.76. The number of benzene rings is 2. The fourth-order valence-corrected chi connectivity index (χ4v) is 4.45. The van der Waals surface area contributed by atoms with Gasteiger partial charge in [0.15, 0.2) is 16.6 Å². The van der Waals surface area contributed by atoms with Crippen molar-refractivity contribution in [3.05, 3.63) is 66.9 Å². The molecule has 4 aromatic rings. The predicted molar refractivity (Wildman–Crippen MR) is 153 cm³/mol. The molecule has 1 amide bonds. The Kier molecular flexibility index (Phi) is 8.97. The molecule has 2 aromatic heterocycles. The fourth-order valence-electron chi connectivity index (χ4n) is 3.64. The van der Waals surface area contributed by atoms with E-state index in [2.05, 4.69) is 42.3 Å². The second kappa shape index (κ2) is 12.6. The summed E-state index contributed by atoms with van der Waals surface area (Å²) in [5.41, 5.74) is 2.70. The Morgan fingerprint density at radius 2 is 1.82 bits per heavy atom. The van der Waals surface area contributed by atoms with E-state index in [1.54, 1.807) is 25.4 Å². The van der Waals surface area contributed by atoms with Crippen LogP contribution in [0.4, 0.5) is 31.8 Å². The van der Waals surface area contributed by atoms with E-state index in [-0.39, 0.29) is 11.9 Å². The number of halogens is 2. The summed E-state index contributed by atoms with van der Waals surface area (Å²) in [5, 5.41) is 15.1. The summed E-state index contributed by atoms with van der Waals surface area (Å²) < 4.78 is 32.6. The Balaban J connectivity index is 1.64. The number of ether oxygens (including phenoxy) is 1. The van der Waals surface area contributed by atoms with Crippen molar-refractivity contribution in [2.24, 2.45) is 0 Å². The van der Waals surface area contributed by atoms with Gasteiger partial charge in [-0.15, -0.1) is 10.2 Å². The van der Waals surface area contributed by atoms with Crippen molar-refractivity contribution in [1.29, 1.82) is 0 Å². The number of nitrogens with zero attached hydrogens (tertiary/aromatic N) is 6. The summed E-state index contributed by atoms with van der Waals surface area (Å²) in [7, 11) is 7.45. The van der Waals surface area contributed by atoms with Gasteiger partial charge in [-0.1, -0.05) is 17.9 Å². The van der Waals surface area contributed by atoms with Crippen LogP contribution >= 0.6 is 11.3 Å². The first kappa shape index (κ1) is 28.5. The van der Waals surface area contributed by atoms with Crippen LogP contribution in [0.25, 0.3) is 21.3 Å². The van der Waals surface area contributed by atoms with Crippen LogP contribution in [0.2, 0.25) is 0 Å². The molecule has 0 aliphatic rings. The normalized spacial score (nSPS) is 10.9. The second-order valence-corrected chi connectivity index (χ2v) is 9.90. The molecule has 0 bridgehead atoms. The van der Waals surface area contributed by atoms with Gasteiger partial charge >= 0.3 is 0 Å². The van der Waals surface area contributed by atoms with E-state index in [1.165, 1.54) is 23.5 Å². The highest BCUT2D eigenvalue weighted by Crippen LogP contribution is 2.38. The molecule has 0 unspecified atom stereocenters. The van der Waals surface area contributed by atoms with E-state index in [1.807, 2.05) is 32.1 Å². The van der Waals surface area contributed by atoms with Gasteiger partial charge in [-0.05, 0) is 50.5 Å². The standard InChI is InChI=1S/C27H28F2N8O2S/c1-6-24(38)31-20-14-21(23(39-5)15-22(20)37(4)12-11-36(2)3)33-27-30-10-9-19(32-27)26-35-34-25(40-26)16-7-8-17(28)18(29)13-16/h6-10,13-15H,1,11-12H2,2-5H3,(H,31,38)(H,30,32,33). The van der Waals surface area contributed by atoms with Gasteiger partial charge in [0.25, 0.3) is 0 Å². The summed E-state index contributed by atoms with van der Waals surface area (Å²) in [6.45, 7) is 5.06. The molecule has 13 heteroatoms. The minimum absolute atomic E-state index is 0.245. The number of aromatic nitrogens is 4. The first-order valence-electron chi connectivity index (χ1n) is 12.1. The molecule has 0 aliphatic heterocycles. The Morgan fingerprint density at radius 3 is 2.52 bits per heavy atom. The first-order chi connectivity index (χ1) is 19.2. The lowest BCUT2D eigenvalue weighted by Crippen LogP contribution is -2.29. The van der Waals surface area contributed by atoms with Crippen molar-refractivity contribution < 1.29 is 18.3 Å². The van der Waals surface area contributed by atoms with Crippen molar-refractivity contribution in [3.63, 3.8) is 0 Å². The molecule has 0 saturated carbocycles. The molecule has 10 nitrogen and oxygen atoms in total. The van der Waals surface area contributed by atoms with Crippen LogP contribution in [0.1, 0.15) is 0 Å². The number of amides is 1. The molecule has 2 aromatic carbocycles. The second-order valence-electron chi connectivity index (χ2n) is 8.92. The molecular formula is C27H28F2N8O2S. The average molecular weight is 567 g/mol. The highest BCUT2D eigenvalue weighted by atomic mass is 32.1. The minimum Gasteiger partial charge on any atom is -0.494 e. The number of methoxy groups -OCH3 is 1. The van der Waals surface area contributed by atoms with Crippen molar-refractivity contribution in [3.8, 4) is 27.0 Å². The molecule has 0 atom stereocenters. The number of anilines is 4. The number of rotatable bonds is 11. The van der Waals surface area contributed by atoms with E-state index in [0.717, 1.165) is 24.4 Å². The summed E-state index contributed by atoms with van der Waals surface area (Å²) in [6, 6.07) is 8.78. The van der Waals surface area contributed by atoms with Crippen LogP contribution < -0.4 is 20.3 Å². The Bertz CT molecular complexity index is 1530. The molecule has 40 heavy (non-hydrogen) atoms. The Morgan fingerprint density at radius 1 is 1.05 bits per heavy atom. The Hall–Kier alpha value is -4.49. The molecule has 4 rings (SSSR count). The van der Waals surface area contributed by atoms with Crippen molar-refractivity contribution in [2.75, 3.05) is 56.9 Å². The van der Waals surface area contributed by atoms with Crippen LogP contribution in [0, 0.1) is 11.6 Å². The van der Waals surface area contributed by atoms with Crippen molar-refractivity contribution >= 4 is 40.3 Å². The maximum Gasteiger partial charge on any atom is 0.247 e. The van der Waals surface area contributed by atoms with E-state index in [4.69, 9.17) is 4.74 Å². The number of carbonyl (C=O) groups excluding carboxylic acids is 1. The highest BCUT2D eigenvalue weighted by Gasteiger charge is 2.17. The predicted octanol–water partition coefficient (Wildman–Crippen LogP) is 4.81. The number of likely N-dealkylation sites (N-methyl/N-ethyl adjacent to an activating group) is 2. The van der Waals surface area contributed by atoms with Gasteiger partial charge in [0.2, 0.25) is 11.9 Å². The monoisotopic (exact) mass is 566 g/mol. The largest absolute Gasteiger partial charge is 0.494 e. The maximum absolute atomic E-state index is 13.7.